The SMILES string of the molecule is C[C-]1C(C)OC1C.[CH2-]CC.[Y]. The van der Waals surface area contributed by atoms with Gasteiger partial charge in [-0.05, 0) is 0 Å². The van der Waals surface area contributed by atoms with E-state index in [0.29, 0.717) is 12.2 Å². The molecule has 0 amide bonds. The minimum atomic E-state index is 0. The van der Waals surface area contributed by atoms with Crippen LogP contribution in [0.25, 0.3) is 0 Å². The van der Waals surface area contributed by atoms with Gasteiger partial charge in [0.15, 0.2) is 0 Å². The molecule has 1 aliphatic heterocycles. The van der Waals surface area contributed by atoms with Gasteiger partial charge in [-0.2, -0.15) is 13.3 Å². The molecule has 2 heteroatoms. The third kappa shape index (κ3) is 5.33. The summed E-state index contributed by atoms with van der Waals surface area (Å²) in [5, 5.41) is 0. The topological polar surface area (TPSA) is 9.23 Å². The van der Waals surface area contributed by atoms with E-state index < -0.39 is 0 Å². The van der Waals surface area contributed by atoms with E-state index in [0.717, 1.165) is 6.42 Å². The van der Waals surface area contributed by atoms with Crippen LogP contribution in [0.1, 0.15) is 34.1 Å². The fourth-order valence-electron chi connectivity index (χ4n) is 0.779. The summed E-state index contributed by atoms with van der Waals surface area (Å²) < 4.78 is 5.21. The molecule has 1 rings (SSSR count). The van der Waals surface area contributed by atoms with Crippen LogP contribution in [0.15, 0.2) is 0 Å². The summed E-state index contributed by atoms with van der Waals surface area (Å²) in [6.45, 7) is 11.8. The second-order valence-electron chi connectivity index (χ2n) is 2.66. The van der Waals surface area contributed by atoms with Gasteiger partial charge in [0.25, 0.3) is 0 Å². The average molecular weight is 231 g/mol. The Morgan fingerprint density at radius 2 is 1.64 bits per heavy atom. The third-order valence-electron chi connectivity index (χ3n) is 1.69. The third-order valence-corrected chi connectivity index (χ3v) is 1.69. The quantitative estimate of drug-likeness (QED) is 0.582. The van der Waals surface area contributed by atoms with Crippen LogP contribution in [0.2, 0.25) is 0 Å². The molecule has 65 valence electrons. The van der Waals surface area contributed by atoms with Gasteiger partial charge in [-0.25, -0.2) is 0 Å². The summed E-state index contributed by atoms with van der Waals surface area (Å²) in [7, 11) is 0. The van der Waals surface area contributed by atoms with Gasteiger partial charge in [0.2, 0.25) is 0 Å². The maximum absolute atomic E-state index is 5.21. The van der Waals surface area contributed by atoms with Crippen molar-refractivity contribution in [2.24, 2.45) is 0 Å². The summed E-state index contributed by atoms with van der Waals surface area (Å²) in [5.41, 5.74) is 0. The van der Waals surface area contributed by atoms with E-state index in [1.165, 1.54) is 5.92 Å². The van der Waals surface area contributed by atoms with Crippen molar-refractivity contribution in [1.82, 2.24) is 0 Å². The number of ether oxygens (including phenoxy) is 1. The van der Waals surface area contributed by atoms with Crippen molar-refractivity contribution in [1.29, 1.82) is 0 Å². The summed E-state index contributed by atoms with van der Waals surface area (Å²) in [6, 6.07) is 0. The van der Waals surface area contributed by atoms with Crippen molar-refractivity contribution in [3.8, 4) is 0 Å². The molecule has 1 radical (unpaired) electrons. The van der Waals surface area contributed by atoms with Crippen LogP contribution < -0.4 is 0 Å². The van der Waals surface area contributed by atoms with Crippen LogP contribution in [0.3, 0.4) is 0 Å². The summed E-state index contributed by atoms with van der Waals surface area (Å²) >= 11 is 0. The normalized spacial score (nSPS) is 29.2. The predicted molar refractivity (Wildman–Crippen MR) is 44.6 cm³/mol. The van der Waals surface area contributed by atoms with E-state index in [-0.39, 0.29) is 32.7 Å². The predicted octanol–water partition coefficient (Wildman–Crippen LogP) is 2.62. The molecular formula is C9H18OY-2. The van der Waals surface area contributed by atoms with Gasteiger partial charge >= 0.3 is 0 Å². The molecule has 0 N–H and O–H groups in total. The molecule has 1 fully saturated rings. The van der Waals surface area contributed by atoms with Crippen LogP contribution in [-0.2, 0) is 37.4 Å². The standard InChI is InChI=1S/C6H11O.C3H7.Y/c1-4-5(2)7-6(4)3;1-3-2;/h5-6H,1-3H3;1,3H2,2H3;/q2*-1;. The number of hydrogen-bond donors (Lipinski definition) is 0. The molecule has 0 bridgehead atoms. The molecule has 1 saturated heterocycles. The van der Waals surface area contributed by atoms with Crippen molar-refractivity contribution in [3.63, 3.8) is 0 Å². The first-order valence-electron chi connectivity index (χ1n) is 3.91. The van der Waals surface area contributed by atoms with E-state index in [9.17, 15) is 0 Å². The summed E-state index contributed by atoms with van der Waals surface area (Å²) in [5.74, 6) is 1.47. The van der Waals surface area contributed by atoms with E-state index in [1.54, 1.807) is 0 Å². The van der Waals surface area contributed by atoms with Crippen LogP contribution >= 0.6 is 0 Å². The van der Waals surface area contributed by atoms with Crippen molar-refractivity contribution in [2.75, 3.05) is 0 Å². The van der Waals surface area contributed by atoms with Gasteiger partial charge in [-0.3, -0.25) is 5.92 Å². The molecule has 0 aromatic rings. The fourth-order valence-corrected chi connectivity index (χ4v) is 0.779. The average Bonchev–Trinajstić information content (AvgIpc) is 1.90. The zero-order valence-corrected chi connectivity index (χ0v) is 10.9. The second-order valence-corrected chi connectivity index (χ2v) is 2.66. The molecule has 1 aliphatic rings. The van der Waals surface area contributed by atoms with Gasteiger partial charge in [-0.15, -0.1) is 0 Å². The van der Waals surface area contributed by atoms with Gasteiger partial charge < -0.3 is 11.7 Å². The Morgan fingerprint density at radius 3 is 1.64 bits per heavy atom. The molecule has 0 spiro atoms. The van der Waals surface area contributed by atoms with Crippen molar-refractivity contribution in [3.05, 3.63) is 12.8 Å². The van der Waals surface area contributed by atoms with Crippen molar-refractivity contribution in [2.45, 2.75) is 46.3 Å². The number of hydrogen-bond acceptors (Lipinski definition) is 1. The molecule has 1 nitrogen and oxygen atoms in total. The maximum atomic E-state index is 5.21. The maximum Gasteiger partial charge on any atom is 0 e. The van der Waals surface area contributed by atoms with Gasteiger partial charge in [0, 0.05) is 32.7 Å². The van der Waals surface area contributed by atoms with E-state index >= 15 is 0 Å². The molecule has 11 heavy (non-hydrogen) atoms. The molecule has 0 aliphatic carbocycles. The molecule has 2 atom stereocenters. The van der Waals surface area contributed by atoms with Crippen LogP contribution in [0.5, 0.6) is 0 Å². The Labute approximate surface area is 96.2 Å². The molecule has 2 unspecified atom stereocenters. The smallest absolute Gasteiger partial charge is 0 e. The van der Waals surface area contributed by atoms with E-state index in [4.69, 9.17) is 4.74 Å². The first-order chi connectivity index (χ1) is 4.63. The van der Waals surface area contributed by atoms with Crippen molar-refractivity contribution < 1.29 is 37.4 Å². The van der Waals surface area contributed by atoms with Crippen LogP contribution in [0, 0.1) is 12.8 Å². The Kier molecular flexibility index (Phi) is 10.2. The number of rotatable bonds is 0. The monoisotopic (exact) mass is 231 g/mol. The van der Waals surface area contributed by atoms with Crippen LogP contribution in [-0.4, -0.2) is 12.2 Å². The first kappa shape index (κ1) is 14.6. The summed E-state index contributed by atoms with van der Waals surface area (Å²) in [4.78, 5) is 0. The van der Waals surface area contributed by atoms with E-state index in [2.05, 4.69) is 27.7 Å². The Bertz CT molecular complexity index is 77.6. The van der Waals surface area contributed by atoms with Crippen LogP contribution in [0.4, 0.5) is 0 Å². The van der Waals surface area contributed by atoms with Crippen molar-refractivity contribution >= 4 is 0 Å². The molecule has 0 saturated carbocycles. The second kappa shape index (κ2) is 7.70. The zero-order chi connectivity index (χ0) is 8.15. The first-order valence-corrected chi connectivity index (χ1v) is 3.91. The molecule has 1 heterocycles. The molecule has 0 aromatic heterocycles. The Balaban J connectivity index is 0. The molecular weight excluding hydrogens is 213 g/mol. The Morgan fingerprint density at radius 1 is 1.36 bits per heavy atom. The zero-order valence-electron chi connectivity index (χ0n) is 8.05. The van der Waals surface area contributed by atoms with Gasteiger partial charge in [-0.1, -0.05) is 33.0 Å². The summed E-state index contributed by atoms with van der Waals surface area (Å²) in [6.07, 6.45) is 1.85. The largest absolute Gasteiger partial charge is 0.438 e. The fraction of sp³-hybridized carbons (Fsp3) is 0.778. The van der Waals surface area contributed by atoms with E-state index in [1.807, 2.05) is 6.92 Å². The Hall–Kier alpha value is 1.06. The molecule has 0 aromatic carbocycles. The minimum absolute atomic E-state index is 0. The minimum Gasteiger partial charge on any atom is -0.438 e. The van der Waals surface area contributed by atoms with Gasteiger partial charge in [0.05, 0.1) is 0 Å². The van der Waals surface area contributed by atoms with Gasteiger partial charge in [0.1, 0.15) is 0 Å².